The average molecular weight is 340 g/mol. The fraction of sp³-hybridized carbons (Fsp3) is 0.450. The maximum atomic E-state index is 12.7. The number of rotatable bonds is 6. The normalized spacial score (nSPS) is 14.2. The molecule has 5 nitrogen and oxygen atoms in total. The molecule has 0 saturated heterocycles. The summed E-state index contributed by atoms with van der Waals surface area (Å²) in [6, 6.07) is 7.68. The summed E-state index contributed by atoms with van der Waals surface area (Å²) in [5, 5.41) is 3.65. The number of nitrogens with zero attached hydrogens (tertiary/aromatic N) is 1. The Labute approximate surface area is 147 Å². The van der Waals surface area contributed by atoms with Crippen LogP contribution in [0.4, 0.5) is 0 Å². The molecule has 3 rings (SSSR count). The van der Waals surface area contributed by atoms with E-state index < -0.39 is 5.97 Å². The molecule has 1 N–H and O–H groups in total. The largest absolute Gasteiger partial charge is 0.452 e. The summed E-state index contributed by atoms with van der Waals surface area (Å²) in [4.78, 5) is 29.3. The number of ether oxygens (including phenoxy) is 1. The smallest absolute Gasteiger partial charge is 0.339 e. The van der Waals surface area contributed by atoms with E-state index in [1.807, 2.05) is 31.2 Å². The van der Waals surface area contributed by atoms with Crippen LogP contribution < -0.4 is 5.32 Å². The first-order chi connectivity index (χ1) is 12.1. The third kappa shape index (κ3) is 3.81. The van der Waals surface area contributed by atoms with Crippen molar-refractivity contribution in [2.75, 3.05) is 6.61 Å². The summed E-state index contributed by atoms with van der Waals surface area (Å²) in [6.07, 6.45) is 4.61. The molecule has 132 valence electrons. The van der Waals surface area contributed by atoms with E-state index in [2.05, 4.69) is 17.2 Å². The van der Waals surface area contributed by atoms with Crippen molar-refractivity contribution in [3.8, 4) is 0 Å². The van der Waals surface area contributed by atoms with Gasteiger partial charge in [-0.2, -0.15) is 0 Å². The molecule has 1 aliphatic rings. The van der Waals surface area contributed by atoms with Crippen molar-refractivity contribution >= 4 is 22.8 Å². The van der Waals surface area contributed by atoms with Crippen LogP contribution >= 0.6 is 0 Å². The lowest BCUT2D eigenvalue weighted by Gasteiger charge is -2.14. The minimum absolute atomic E-state index is 0.0854. The summed E-state index contributed by atoms with van der Waals surface area (Å²) in [6.45, 7) is 3.77. The maximum absolute atomic E-state index is 12.7. The molecule has 0 fully saturated rings. The Hall–Kier alpha value is -2.43. The number of aryl methyl sites for hydroxylation is 1. The van der Waals surface area contributed by atoms with Crippen molar-refractivity contribution in [2.45, 2.75) is 52.0 Å². The van der Waals surface area contributed by atoms with E-state index in [0.29, 0.717) is 5.56 Å². The highest BCUT2D eigenvalue weighted by molar-refractivity contribution is 6.05. The molecule has 1 atom stereocenters. The van der Waals surface area contributed by atoms with Crippen molar-refractivity contribution in [1.82, 2.24) is 10.3 Å². The number of fused-ring (bicyclic) bond motifs is 2. The van der Waals surface area contributed by atoms with Gasteiger partial charge >= 0.3 is 5.97 Å². The van der Waals surface area contributed by atoms with Crippen LogP contribution in [-0.4, -0.2) is 29.5 Å². The van der Waals surface area contributed by atoms with Gasteiger partial charge in [0, 0.05) is 17.1 Å². The first-order valence-electron chi connectivity index (χ1n) is 8.97. The molecule has 5 heteroatoms. The first-order valence-corrected chi connectivity index (χ1v) is 8.97. The Kier molecular flexibility index (Phi) is 5.31. The Morgan fingerprint density at radius 3 is 2.88 bits per heavy atom. The van der Waals surface area contributed by atoms with Crippen LogP contribution in [-0.2, 0) is 22.4 Å². The topological polar surface area (TPSA) is 68.3 Å². The summed E-state index contributed by atoms with van der Waals surface area (Å²) in [5.41, 5.74) is 3.33. The molecule has 1 aromatic carbocycles. The van der Waals surface area contributed by atoms with Crippen LogP contribution in [0.2, 0.25) is 0 Å². The number of benzene rings is 1. The second-order valence-electron chi connectivity index (χ2n) is 6.62. The zero-order chi connectivity index (χ0) is 17.8. The monoisotopic (exact) mass is 340 g/mol. The van der Waals surface area contributed by atoms with Crippen LogP contribution in [0.5, 0.6) is 0 Å². The Balaban J connectivity index is 1.77. The Bertz CT molecular complexity index is 801. The molecular weight excluding hydrogens is 316 g/mol. The summed E-state index contributed by atoms with van der Waals surface area (Å²) < 4.78 is 5.32. The van der Waals surface area contributed by atoms with Gasteiger partial charge in [0.1, 0.15) is 0 Å². The fourth-order valence-corrected chi connectivity index (χ4v) is 3.47. The van der Waals surface area contributed by atoms with E-state index in [4.69, 9.17) is 4.74 Å². The maximum Gasteiger partial charge on any atom is 0.339 e. The lowest BCUT2D eigenvalue weighted by atomic mass is 10.0. The zero-order valence-electron chi connectivity index (χ0n) is 14.8. The predicted octanol–water partition coefficient (Wildman–Crippen LogP) is 3.19. The van der Waals surface area contributed by atoms with Gasteiger partial charge in [-0.1, -0.05) is 31.5 Å². The first kappa shape index (κ1) is 17.4. The number of amides is 1. The van der Waals surface area contributed by atoms with Crippen molar-refractivity contribution in [1.29, 1.82) is 0 Å². The van der Waals surface area contributed by atoms with Crippen LogP contribution in [0, 0.1) is 0 Å². The van der Waals surface area contributed by atoms with Gasteiger partial charge in [-0.05, 0) is 44.2 Å². The van der Waals surface area contributed by atoms with Gasteiger partial charge in [0.2, 0.25) is 0 Å². The van der Waals surface area contributed by atoms with Crippen molar-refractivity contribution in [3.05, 3.63) is 41.1 Å². The summed E-state index contributed by atoms with van der Waals surface area (Å²) in [7, 11) is 0. The van der Waals surface area contributed by atoms with Gasteiger partial charge in [0.05, 0.1) is 11.1 Å². The molecule has 0 aliphatic heterocycles. The minimum Gasteiger partial charge on any atom is -0.452 e. The van der Waals surface area contributed by atoms with Gasteiger partial charge in [-0.15, -0.1) is 0 Å². The number of para-hydroxylation sites is 1. The van der Waals surface area contributed by atoms with E-state index >= 15 is 0 Å². The molecule has 2 aromatic rings. The van der Waals surface area contributed by atoms with Crippen molar-refractivity contribution < 1.29 is 14.3 Å². The van der Waals surface area contributed by atoms with E-state index in [9.17, 15) is 9.59 Å². The Morgan fingerprint density at radius 2 is 2.08 bits per heavy atom. The molecule has 1 aliphatic carbocycles. The molecular formula is C20H24N2O3. The molecule has 1 heterocycles. The average Bonchev–Trinajstić information content (AvgIpc) is 3.05. The predicted molar refractivity (Wildman–Crippen MR) is 96.6 cm³/mol. The third-order valence-electron chi connectivity index (χ3n) is 4.59. The zero-order valence-corrected chi connectivity index (χ0v) is 14.8. The lowest BCUT2D eigenvalue weighted by Crippen LogP contribution is -2.35. The number of esters is 1. The van der Waals surface area contributed by atoms with Gasteiger partial charge in [-0.25, -0.2) is 4.79 Å². The molecule has 0 radical (unpaired) electrons. The number of carbonyl (C=O) groups excluding carboxylic acids is 2. The quantitative estimate of drug-likeness (QED) is 0.820. The lowest BCUT2D eigenvalue weighted by molar-refractivity contribution is -0.124. The second kappa shape index (κ2) is 7.64. The number of hydrogen-bond acceptors (Lipinski definition) is 4. The molecule has 0 spiro atoms. The van der Waals surface area contributed by atoms with Crippen molar-refractivity contribution in [3.63, 3.8) is 0 Å². The number of aromatic nitrogens is 1. The third-order valence-corrected chi connectivity index (χ3v) is 4.59. The second-order valence-corrected chi connectivity index (χ2v) is 6.62. The van der Waals surface area contributed by atoms with Crippen molar-refractivity contribution in [2.24, 2.45) is 0 Å². The highest BCUT2D eigenvalue weighted by Gasteiger charge is 2.25. The van der Waals surface area contributed by atoms with Gasteiger partial charge in [-0.3, -0.25) is 9.78 Å². The van der Waals surface area contributed by atoms with E-state index in [-0.39, 0.29) is 18.6 Å². The van der Waals surface area contributed by atoms with Gasteiger partial charge in [0.15, 0.2) is 6.61 Å². The Morgan fingerprint density at radius 1 is 1.28 bits per heavy atom. The highest BCUT2D eigenvalue weighted by atomic mass is 16.5. The van der Waals surface area contributed by atoms with E-state index in [1.165, 1.54) is 0 Å². The molecule has 1 amide bonds. The summed E-state index contributed by atoms with van der Waals surface area (Å²) in [5.74, 6) is -0.695. The molecule has 0 saturated carbocycles. The molecule has 0 bridgehead atoms. The van der Waals surface area contributed by atoms with Crippen LogP contribution in [0.15, 0.2) is 24.3 Å². The molecule has 1 aromatic heterocycles. The van der Waals surface area contributed by atoms with Gasteiger partial charge in [0.25, 0.3) is 5.91 Å². The fourth-order valence-electron chi connectivity index (χ4n) is 3.47. The minimum atomic E-state index is -0.435. The van der Waals surface area contributed by atoms with E-state index in [1.54, 1.807) is 0 Å². The number of hydrogen-bond donors (Lipinski definition) is 1. The highest BCUT2D eigenvalue weighted by Crippen LogP contribution is 2.30. The molecule has 25 heavy (non-hydrogen) atoms. The van der Waals surface area contributed by atoms with Crippen LogP contribution in [0.3, 0.4) is 0 Å². The van der Waals surface area contributed by atoms with Gasteiger partial charge < -0.3 is 10.1 Å². The standard InChI is InChI=1S/C20H24N2O3/c1-3-7-13(2)21-18(23)12-25-20(24)19-14-8-4-5-10-16(14)22-17-11-6-9-15(17)19/h4-5,8,10,13H,3,6-7,9,11-12H2,1-2H3,(H,21,23)/t13-/m0/s1. The van der Waals surface area contributed by atoms with E-state index in [0.717, 1.165) is 54.3 Å². The van der Waals surface area contributed by atoms with Crippen LogP contribution in [0.25, 0.3) is 10.9 Å². The number of carbonyl (C=O) groups is 2. The van der Waals surface area contributed by atoms with Crippen LogP contribution in [0.1, 0.15) is 54.7 Å². The SMILES string of the molecule is CCC[C@H](C)NC(=O)COC(=O)c1c2c(nc3ccccc13)CCC2. The number of nitrogens with one attached hydrogen (secondary N) is 1. The number of pyridine rings is 1. The summed E-state index contributed by atoms with van der Waals surface area (Å²) >= 11 is 0. The molecule has 0 unspecified atom stereocenters.